The van der Waals surface area contributed by atoms with E-state index in [9.17, 15) is 4.79 Å². The van der Waals surface area contributed by atoms with Crippen LogP contribution in [0.5, 0.6) is 5.75 Å². The number of carbonyl (C=O) groups is 1. The molecule has 6 nitrogen and oxygen atoms in total. The van der Waals surface area contributed by atoms with Gasteiger partial charge in [-0.3, -0.25) is 9.78 Å². The first-order valence-corrected chi connectivity index (χ1v) is 6.39. The predicted octanol–water partition coefficient (Wildman–Crippen LogP) is 2.15. The summed E-state index contributed by atoms with van der Waals surface area (Å²) in [5.74, 6) is 1.24. The van der Waals surface area contributed by atoms with E-state index in [-0.39, 0.29) is 5.91 Å². The maximum absolute atomic E-state index is 11.8. The largest absolute Gasteiger partial charge is 0.490 e. The molecule has 2 rings (SSSR count). The summed E-state index contributed by atoms with van der Waals surface area (Å²) in [6.07, 6.45) is 3.07. The van der Waals surface area contributed by atoms with Gasteiger partial charge in [-0.15, -0.1) is 0 Å². The SMILES string of the molecule is Cc1nc(C(=O)NCCOc2cncc(Cl)c2)c(C)o1. The van der Waals surface area contributed by atoms with Crippen LogP contribution in [0.1, 0.15) is 22.1 Å². The molecule has 0 fully saturated rings. The molecule has 0 unspecified atom stereocenters. The third kappa shape index (κ3) is 3.71. The zero-order valence-corrected chi connectivity index (χ0v) is 11.9. The molecule has 0 aliphatic heterocycles. The highest BCUT2D eigenvalue weighted by atomic mass is 35.5. The van der Waals surface area contributed by atoms with Crippen molar-refractivity contribution in [3.05, 3.63) is 40.8 Å². The highest BCUT2D eigenvalue weighted by Crippen LogP contribution is 2.14. The third-order valence-corrected chi connectivity index (χ3v) is 2.66. The molecule has 0 bridgehead atoms. The van der Waals surface area contributed by atoms with Gasteiger partial charge >= 0.3 is 0 Å². The fourth-order valence-corrected chi connectivity index (χ4v) is 1.79. The smallest absolute Gasteiger partial charge is 0.273 e. The minimum absolute atomic E-state index is 0.285. The van der Waals surface area contributed by atoms with Gasteiger partial charge in [0, 0.05) is 19.2 Å². The van der Waals surface area contributed by atoms with E-state index in [1.807, 2.05) is 0 Å². The molecule has 2 aromatic rings. The standard InChI is InChI=1S/C13H14ClN3O3/c1-8-12(17-9(2)20-8)13(18)16-3-4-19-11-5-10(14)6-15-7-11/h5-7H,3-4H2,1-2H3,(H,16,18). The minimum atomic E-state index is -0.285. The summed E-state index contributed by atoms with van der Waals surface area (Å²) in [6, 6.07) is 1.65. The van der Waals surface area contributed by atoms with Crippen molar-refractivity contribution in [2.75, 3.05) is 13.2 Å². The maximum atomic E-state index is 11.8. The number of amides is 1. The van der Waals surface area contributed by atoms with E-state index < -0.39 is 0 Å². The summed E-state index contributed by atoms with van der Waals surface area (Å²) in [5.41, 5.74) is 0.298. The molecular formula is C13H14ClN3O3. The molecule has 0 atom stereocenters. The number of pyridine rings is 1. The van der Waals surface area contributed by atoms with Crippen LogP contribution in [0.25, 0.3) is 0 Å². The molecule has 1 N–H and O–H groups in total. The van der Waals surface area contributed by atoms with Crippen LogP contribution in [0, 0.1) is 13.8 Å². The average molecular weight is 296 g/mol. The Kier molecular flexibility index (Phi) is 4.57. The van der Waals surface area contributed by atoms with Crippen LogP contribution >= 0.6 is 11.6 Å². The van der Waals surface area contributed by atoms with Crippen LogP contribution in [0.4, 0.5) is 0 Å². The van der Waals surface area contributed by atoms with Crippen LogP contribution in [-0.4, -0.2) is 29.0 Å². The number of ether oxygens (including phenoxy) is 1. The Morgan fingerprint density at radius 2 is 2.25 bits per heavy atom. The first kappa shape index (κ1) is 14.3. The summed E-state index contributed by atoms with van der Waals surface area (Å²) in [4.78, 5) is 19.7. The molecule has 0 saturated heterocycles. The van der Waals surface area contributed by atoms with E-state index in [2.05, 4.69) is 15.3 Å². The van der Waals surface area contributed by atoms with Gasteiger partial charge in [0.2, 0.25) is 0 Å². The Morgan fingerprint density at radius 1 is 1.45 bits per heavy atom. The number of halogens is 1. The number of aromatic nitrogens is 2. The molecule has 0 aliphatic rings. The van der Waals surface area contributed by atoms with Crippen molar-refractivity contribution in [3.63, 3.8) is 0 Å². The summed E-state index contributed by atoms with van der Waals surface area (Å²) >= 11 is 5.78. The van der Waals surface area contributed by atoms with Crippen molar-refractivity contribution < 1.29 is 13.9 Å². The number of nitrogens with zero attached hydrogens (tertiary/aromatic N) is 2. The summed E-state index contributed by atoms with van der Waals surface area (Å²) in [6.45, 7) is 4.04. The lowest BCUT2D eigenvalue weighted by Gasteiger charge is -2.06. The number of nitrogens with one attached hydrogen (secondary N) is 1. The van der Waals surface area contributed by atoms with Crippen molar-refractivity contribution >= 4 is 17.5 Å². The van der Waals surface area contributed by atoms with Crippen LogP contribution in [0.3, 0.4) is 0 Å². The zero-order chi connectivity index (χ0) is 14.5. The van der Waals surface area contributed by atoms with Crippen LogP contribution in [-0.2, 0) is 0 Å². The first-order valence-electron chi connectivity index (χ1n) is 6.02. The van der Waals surface area contributed by atoms with Crippen LogP contribution in [0.2, 0.25) is 5.02 Å². The van der Waals surface area contributed by atoms with E-state index in [4.69, 9.17) is 20.8 Å². The molecule has 0 aliphatic carbocycles. The predicted molar refractivity (Wildman–Crippen MR) is 73.1 cm³/mol. The van der Waals surface area contributed by atoms with Gasteiger partial charge in [0.05, 0.1) is 17.8 Å². The topological polar surface area (TPSA) is 77.2 Å². The lowest BCUT2D eigenvalue weighted by Crippen LogP contribution is -2.28. The quantitative estimate of drug-likeness (QED) is 0.855. The van der Waals surface area contributed by atoms with Crippen molar-refractivity contribution in [2.24, 2.45) is 0 Å². The van der Waals surface area contributed by atoms with Gasteiger partial charge in [-0.05, 0) is 6.92 Å². The van der Waals surface area contributed by atoms with Gasteiger partial charge in [-0.25, -0.2) is 4.98 Å². The van der Waals surface area contributed by atoms with Gasteiger partial charge < -0.3 is 14.5 Å². The first-order chi connectivity index (χ1) is 9.56. The van der Waals surface area contributed by atoms with E-state index in [0.717, 1.165) is 0 Å². The molecule has 20 heavy (non-hydrogen) atoms. The lowest BCUT2D eigenvalue weighted by molar-refractivity contribution is 0.0941. The Balaban J connectivity index is 1.79. The van der Waals surface area contributed by atoms with Gasteiger partial charge in [0.15, 0.2) is 11.6 Å². The zero-order valence-electron chi connectivity index (χ0n) is 11.1. The molecule has 0 aromatic carbocycles. The number of aryl methyl sites for hydroxylation is 2. The van der Waals surface area contributed by atoms with E-state index in [1.54, 1.807) is 26.1 Å². The second kappa shape index (κ2) is 6.38. The lowest BCUT2D eigenvalue weighted by atomic mass is 10.3. The van der Waals surface area contributed by atoms with Gasteiger partial charge in [0.25, 0.3) is 5.91 Å². The molecule has 7 heteroatoms. The molecular weight excluding hydrogens is 282 g/mol. The minimum Gasteiger partial charge on any atom is -0.490 e. The number of hydrogen-bond donors (Lipinski definition) is 1. The number of oxazole rings is 1. The Bertz CT molecular complexity index is 613. The van der Waals surface area contributed by atoms with Crippen LogP contribution in [0.15, 0.2) is 22.9 Å². The van der Waals surface area contributed by atoms with Crippen molar-refractivity contribution in [3.8, 4) is 5.75 Å². The number of rotatable bonds is 5. The normalized spacial score (nSPS) is 10.3. The highest BCUT2D eigenvalue weighted by molar-refractivity contribution is 6.30. The molecule has 0 saturated carbocycles. The molecule has 0 radical (unpaired) electrons. The number of carbonyl (C=O) groups excluding carboxylic acids is 1. The van der Waals surface area contributed by atoms with Gasteiger partial charge in [-0.2, -0.15) is 0 Å². The Labute approximate surface area is 121 Å². The fourth-order valence-electron chi connectivity index (χ4n) is 1.63. The van der Waals surface area contributed by atoms with Crippen molar-refractivity contribution in [1.82, 2.24) is 15.3 Å². The average Bonchev–Trinajstić information content (AvgIpc) is 2.74. The van der Waals surface area contributed by atoms with Crippen molar-refractivity contribution in [1.29, 1.82) is 0 Å². The van der Waals surface area contributed by atoms with Gasteiger partial charge in [0.1, 0.15) is 18.1 Å². The maximum Gasteiger partial charge on any atom is 0.273 e. The summed E-state index contributed by atoms with van der Waals surface area (Å²) in [7, 11) is 0. The second-order valence-electron chi connectivity index (χ2n) is 4.08. The third-order valence-electron chi connectivity index (χ3n) is 2.45. The molecule has 106 valence electrons. The van der Waals surface area contributed by atoms with E-state index in [1.165, 1.54) is 6.20 Å². The van der Waals surface area contributed by atoms with Crippen molar-refractivity contribution in [2.45, 2.75) is 13.8 Å². The van der Waals surface area contributed by atoms with E-state index in [0.29, 0.717) is 41.3 Å². The van der Waals surface area contributed by atoms with Gasteiger partial charge in [-0.1, -0.05) is 11.6 Å². The Hall–Kier alpha value is -2.08. The molecule has 1 amide bonds. The summed E-state index contributed by atoms with van der Waals surface area (Å²) < 4.78 is 10.6. The fraction of sp³-hybridized carbons (Fsp3) is 0.308. The van der Waals surface area contributed by atoms with Crippen LogP contribution < -0.4 is 10.1 Å². The molecule has 2 aromatic heterocycles. The molecule has 2 heterocycles. The summed E-state index contributed by atoms with van der Waals surface area (Å²) in [5, 5.41) is 3.20. The number of hydrogen-bond acceptors (Lipinski definition) is 5. The monoisotopic (exact) mass is 295 g/mol. The Morgan fingerprint density at radius 3 is 2.90 bits per heavy atom. The highest BCUT2D eigenvalue weighted by Gasteiger charge is 2.14. The molecule has 0 spiro atoms. The van der Waals surface area contributed by atoms with E-state index >= 15 is 0 Å². The second-order valence-corrected chi connectivity index (χ2v) is 4.52.